The molecule has 5 aromatic carbocycles. The van der Waals surface area contributed by atoms with Crippen molar-refractivity contribution in [2.45, 2.75) is 0 Å². The van der Waals surface area contributed by atoms with E-state index >= 15 is 0 Å². The largest absolute Gasteiger partial charge is 0.309 e. The van der Waals surface area contributed by atoms with Crippen molar-refractivity contribution >= 4 is 54.4 Å². The van der Waals surface area contributed by atoms with Crippen LogP contribution in [-0.2, 0) is 0 Å². The predicted octanol–water partition coefficient (Wildman–Crippen LogP) is 9.49. The summed E-state index contributed by atoms with van der Waals surface area (Å²) in [5.74, 6) is 0. The Morgan fingerprint density at radius 3 is 1.62 bits per heavy atom. The van der Waals surface area contributed by atoms with Gasteiger partial charge >= 0.3 is 0 Å². The molecule has 0 aliphatic heterocycles. The van der Waals surface area contributed by atoms with Crippen LogP contribution in [0.15, 0.2) is 146 Å². The van der Waals surface area contributed by atoms with Gasteiger partial charge in [-0.25, -0.2) is 0 Å². The standard InChI is InChI=1S/C38H24N4/c1-2-10-26(11-3-1)41-34-15-6-4-12-28(34)30-20-17-25-18-21-31-29-13-5-7-16-35(29)42(38(31)36(25)37(30)41)27-19-22-33(40-24-27)32-14-8-9-23-39-32/h1-24H. The molecule has 0 spiro atoms. The Morgan fingerprint density at radius 1 is 0.405 bits per heavy atom. The van der Waals surface area contributed by atoms with E-state index in [1.807, 2.05) is 24.4 Å². The minimum atomic E-state index is 0.858. The van der Waals surface area contributed by atoms with Crippen LogP contribution in [0.25, 0.3) is 77.1 Å². The zero-order valence-electron chi connectivity index (χ0n) is 22.6. The molecule has 0 saturated carbocycles. The molecule has 196 valence electrons. The van der Waals surface area contributed by atoms with Crippen LogP contribution in [-0.4, -0.2) is 19.1 Å². The van der Waals surface area contributed by atoms with Crippen LogP contribution in [0.4, 0.5) is 0 Å². The van der Waals surface area contributed by atoms with E-state index in [4.69, 9.17) is 4.98 Å². The molecule has 4 heteroatoms. The number of fused-ring (bicyclic) bond motifs is 9. The maximum absolute atomic E-state index is 4.87. The second-order valence-electron chi connectivity index (χ2n) is 10.7. The summed E-state index contributed by atoms with van der Waals surface area (Å²) in [7, 11) is 0. The lowest BCUT2D eigenvalue weighted by Gasteiger charge is -2.13. The average molecular weight is 537 g/mol. The Labute approximate surface area is 241 Å². The van der Waals surface area contributed by atoms with Crippen LogP contribution in [0.5, 0.6) is 0 Å². The van der Waals surface area contributed by atoms with E-state index in [9.17, 15) is 0 Å². The number of pyridine rings is 2. The molecule has 4 aromatic heterocycles. The van der Waals surface area contributed by atoms with Gasteiger partial charge in [0.15, 0.2) is 0 Å². The molecule has 4 nitrogen and oxygen atoms in total. The van der Waals surface area contributed by atoms with Gasteiger partial charge in [0.1, 0.15) is 0 Å². The van der Waals surface area contributed by atoms with Crippen LogP contribution < -0.4 is 0 Å². The van der Waals surface area contributed by atoms with Crippen molar-refractivity contribution in [1.82, 2.24) is 19.1 Å². The molecule has 0 N–H and O–H groups in total. The first-order valence-electron chi connectivity index (χ1n) is 14.2. The van der Waals surface area contributed by atoms with Crippen molar-refractivity contribution in [3.63, 3.8) is 0 Å². The van der Waals surface area contributed by atoms with E-state index in [1.54, 1.807) is 6.20 Å². The summed E-state index contributed by atoms with van der Waals surface area (Å²) < 4.78 is 4.81. The molecular formula is C38H24N4. The molecule has 0 aliphatic carbocycles. The maximum atomic E-state index is 4.87. The zero-order chi connectivity index (χ0) is 27.6. The summed E-state index contributed by atoms with van der Waals surface area (Å²) in [4.78, 5) is 9.38. The van der Waals surface area contributed by atoms with Crippen molar-refractivity contribution < 1.29 is 0 Å². The Kier molecular flexibility index (Phi) is 4.87. The molecule has 0 bridgehead atoms. The second-order valence-corrected chi connectivity index (χ2v) is 10.7. The molecule has 0 radical (unpaired) electrons. The number of rotatable bonds is 3. The molecule has 4 heterocycles. The fourth-order valence-corrected chi connectivity index (χ4v) is 6.61. The molecular weight excluding hydrogens is 512 g/mol. The molecule has 0 fully saturated rings. The first-order valence-corrected chi connectivity index (χ1v) is 14.2. The van der Waals surface area contributed by atoms with Crippen molar-refractivity contribution in [3.8, 4) is 22.8 Å². The number of para-hydroxylation sites is 3. The number of nitrogens with zero attached hydrogens (tertiary/aromatic N) is 4. The summed E-state index contributed by atoms with van der Waals surface area (Å²) in [6.07, 6.45) is 3.78. The van der Waals surface area contributed by atoms with E-state index in [1.165, 1.54) is 48.9 Å². The van der Waals surface area contributed by atoms with Gasteiger partial charge in [-0.3, -0.25) is 9.97 Å². The van der Waals surface area contributed by atoms with Gasteiger partial charge in [-0.1, -0.05) is 84.9 Å². The van der Waals surface area contributed by atoms with E-state index < -0.39 is 0 Å². The van der Waals surface area contributed by atoms with Crippen molar-refractivity contribution in [3.05, 3.63) is 146 Å². The van der Waals surface area contributed by atoms with E-state index in [2.05, 4.69) is 129 Å². The van der Waals surface area contributed by atoms with Gasteiger partial charge < -0.3 is 9.13 Å². The minimum absolute atomic E-state index is 0.858. The summed E-state index contributed by atoms with van der Waals surface area (Å²) in [6.45, 7) is 0. The third-order valence-corrected chi connectivity index (χ3v) is 8.40. The smallest absolute Gasteiger partial charge is 0.0887 e. The SMILES string of the molecule is c1ccc(-n2c3ccccc3c3ccc4ccc5c6ccccc6n(-c6ccc(-c7ccccn7)nc6)c5c4c32)cc1. The zero-order valence-corrected chi connectivity index (χ0v) is 22.6. The summed E-state index contributed by atoms with van der Waals surface area (Å²) in [6, 6.07) is 47.3. The average Bonchev–Trinajstić information content (AvgIpc) is 3.59. The fraction of sp³-hybridized carbons (Fsp3) is 0. The Morgan fingerprint density at radius 2 is 1.00 bits per heavy atom. The van der Waals surface area contributed by atoms with Gasteiger partial charge in [-0.05, 0) is 53.9 Å². The van der Waals surface area contributed by atoms with Gasteiger partial charge in [-0.15, -0.1) is 0 Å². The van der Waals surface area contributed by atoms with Crippen molar-refractivity contribution in [1.29, 1.82) is 0 Å². The molecule has 9 aromatic rings. The molecule has 0 aliphatic rings. The first-order chi connectivity index (χ1) is 20.9. The van der Waals surface area contributed by atoms with E-state index in [0.29, 0.717) is 0 Å². The number of benzene rings is 5. The van der Waals surface area contributed by atoms with Gasteiger partial charge in [0, 0.05) is 38.8 Å². The molecule has 42 heavy (non-hydrogen) atoms. The van der Waals surface area contributed by atoms with E-state index in [-0.39, 0.29) is 0 Å². The second kappa shape index (κ2) is 8.88. The molecule has 0 atom stereocenters. The lowest BCUT2D eigenvalue weighted by atomic mass is 10.0. The summed E-state index contributed by atoms with van der Waals surface area (Å²) in [5.41, 5.74) is 8.66. The highest BCUT2D eigenvalue weighted by molar-refractivity contribution is 6.28. The molecule has 9 rings (SSSR count). The van der Waals surface area contributed by atoms with Crippen molar-refractivity contribution in [2.75, 3.05) is 0 Å². The van der Waals surface area contributed by atoms with Gasteiger partial charge in [-0.2, -0.15) is 0 Å². The Hall–Kier alpha value is -5.74. The minimum Gasteiger partial charge on any atom is -0.309 e. The van der Waals surface area contributed by atoms with Crippen LogP contribution in [0.1, 0.15) is 0 Å². The van der Waals surface area contributed by atoms with Gasteiger partial charge in [0.05, 0.1) is 45.3 Å². The van der Waals surface area contributed by atoms with Crippen LogP contribution >= 0.6 is 0 Å². The summed E-state index contributed by atoms with van der Waals surface area (Å²) >= 11 is 0. The molecule has 0 unspecified atom stereocenters. The van der Waals surface area contributed by atoms with Gasteiger partial charge in [0.25, 0.3) is 0 Å². The highest BCUT2D eigenvalue weighted by Crippen LogP contribution is 2.42. The van der Waals surface area contributed by atoms with E-state index in [0.717, 1.165) is 28.3 Å². The number of hydrogen-bond acceptors (Lipinski definition) is 2. The fourth-order valence-electron chi connectivity index (χ4n) is 6.61. The van der Waals surface area contributed by atoms with Crippen molar-refractivity contribution in [2.24, 2.45) is 0 Å². The topological polar surface area (TPSA) is 35.6 Å². The van der Waals surface area contributed by atoms with Crippen LogP contribution in [0, 0.1) is 0 Å². The highest BCUT2D eigenvalue weighted by atomic mass is 15.0. The van der Waals surface area contributed by atoms with Crippen LogP contribution in [0.3, 0.4) is 0 Å². The summed E-state index contributed by atoms with van der Waals surface area (Å²) in [5, 5.41) is 7.38. The monoisotopic (exact) mass is 536 g/mol. The van der Waals surface area contributed by atoms with Gasteiger partial charge in [0.2, 0.25) is 0 Å². The Bertz CT molecular complexity index is 2430. The number of hydrogen-bond donors (Lipinski definition) is 0. The lowest BCUT2D eigenvalue weighted by molar-refractivity contribution is 1.14. The molecule has 0 amide bonds. The molecule has 0 saturated heterocycles. The third kappa shape index (κ3) is 3.23. The van der Waals surface area contributed by atoms with Crippen LogP contribution in [0.2, 0.25) is 0 Å². The highest BCUT2D eigenvalue weighted by Gasteiger charge is 2.21. The first kappa shape index (κ1) is 23.0. The lowest BCUT2D eigenvalue weighted by Crippen LogP contribution is -1.98. The Balaban J connectivity index is 1.46. The maximum Gasteiger partial charge on any atom is 0.0887 e. The third-order valence-electron chi connectivity index (χ3n) is 8.40. The normalized spacial score (nSPS) is 11.8. The number of aromatic nitrogens is 4. The quantitative estimate of drug-likeness (QED) is 0.225. The predicted molar refractivity (Wildman–Crippen MR) is 174 cm³/mol.